The van der Waals surface area contributed by atoms with Crippen molar-refractivity contribution in [2.45, 2.75) is 32.7 Å². The Morgan fingerprint density at radius 1 is 1.50 bits per heavy atom. The van der Waals surface area contributed by atoms with Crippen molar-refractivity contribution in [1.82, 2.24) is 9.88 Å². The molecule has 0 unspecified atom stereocenters. The van der Waals surface area contributed by atoms with Crippen LogP contribution in [-0.4, -0.2) is 29.4 Å². The van der Waals surface area contributed by atoms with Crippen molar-refractivity contribution in [2.24, 2.45) is 5.92 Å². The SMILES string of the molecule is CNc1cccc([C@@H]2CCCN2C(=O)C(C)C)n1. The second-order valence-electron chi connectivity index (χ2n) is 5.04. The number of anilines is 1. The van der Waals surface area contributed by atoms with Crippen molar-refractivity contribution in [2.75, 3.05) is 18.9 Å². The summed E-state index contributed by atoms with van der Waals surface area (Å²) < 4.78 is 0. The number of likely N-dealkylation sites (tertiary alicyclic amines) is 1. The van der Waals surface area contributed by atoms with Gasteiger partial charge in [0.25, 0.3) is 0 Å². The second-order valence-corrected chi connectivity index (χ2v) is 5.04. The van der Waals surface area contributed by atoms with Gasteiger partial charge in [0, 0.05) is 19.5 Å². The van der Waals surface area contributed by atoms with E-state index >= 15 is 0 Å². The summed E-state index contributed by atoms with van der Waals surface area (Å²) in [6.45, 7) is 4.76. The number of carbonyl (C=O) groups is 1. The van der Waals surface area contributed by atoms with Crippen LogP contribution < -0.4 is 5.32 Å². The van der Waals surface area contributed by atoms with Gasteiger partial charge in [-0.1, -0.05) is 19.9 Å². The van der Waals surface area contributed by atoms with Gasteiger partial charge in [0.15, 0.2) is 0 Å². The maximum atomic E-state index is 12.2. The van der Waals surface area contributed by atoms with Gasteiger partial charge in [-0.2, -0.15) is 0 Å². The first-order valence-electron chi connectivity index (χ1n) is 6.58. The summed E-state index contributed by atoms with van der Waals surface area (Å²) in [5.41, 5.74) is 0.994. The average molecular weight is 247 g/mol. The van der Waals surface area contributed by atoms with Crippen LogP contribution in [0.1, 0.15) is 38.4 Å². The maximum Gasteiger partial charge on any atom is 0.225 e. The maximum absolute atomic E-state index is 12.2. The third kappa shape index (κ3) is 2.47. The van der Waals surface area contributed by atoms with E-state index in [1.807, 2.05) is 44.0 Å². The van der Waals surface area contributed by atoms with Crippen molar-refractivity contribution in [3.05, 3.63) is 23.9 Å². The monoisotopic (exact) mass is 247 g/mol. The molecule has 18 heavy (non-hydrogen) atoms. The minimum Gasteiger partial charge on any atom is -0.373 e. The lowest BCUT2D eigenvalue weighted by atomic mass is 10.1. The fourth-order valence-corrected chi connectivity index (χ4v) is 2.45. The third-order valence-electron chi connectivity index (χ3n) is 3.40. The summed E-state index contributed by atoms with van der Waals surface area (Å²) in [7, 11) is 1.86. The number of carbonyl (C=O) groups excluding carboxylic acids is 1. The first-order chi connectivity index (χ1) is 8.63. The Morgan fingerprint density at radius 3 is 2.94 bits per heavy atom. The summed E-state index contributed by atoms with van der Waals surface area (Å²) in [5, 5.41) is 3.04. The Labute approximate surface area is 108 Å². The molecular formula is C14H21N3O. The van der Waals surface area contributed by atoms with Crippen LogP contribution in [0.25, 0.3) is 0 Å². The van der Waals surface area contributed by atoms with Gasteiger partial charge in [-0.05, 0) is 25.0 Å². The summed E-state index contributed by atoms with van der Waals surface area (Å²) in [6, 6.07) is 6.09. The smallest absolute Gasteiger partial charge is 0.225 e. The van der Waals surface area contributed by atoms with Gasteiger partial charge in [0.1, 0.15) is 5.82 Å². The Kier molecular flexibility index (Phi) is 3.84. The number of amides is 1. The largest absolute Gasteiger partial charge is 0.373 e. The normalized spacial score (nSPS) is 19.3. The van der Waals surface area contributed by atoms with E-state index in [9.17, 15) is 4.79 Å². The van der Waals surface area contributed by atoms with Gasteiger partial charge in [-0.15, -0.1) is 0 Å². The quantitative estimate of drug-likeness (QED) is 0.892. The van der Waals surface area contributed by atoms with Crippen LogP contribution in [0.3, 0.4) is 0 Å². The first kappa shape index (κ1) is 12.9. The summed E-state index contributed by atoms with van der Waals surface area (Å²) >= 11 is 0. The van der Waals surface area contributed by atoms with Crippen LogP contribution in [0.2, 0.25) is 0 Å². The molecule has 0 bridgehead atoms. The zero-order valence-electron chi connectivity index (χ0n) is 11.3. The highest BCUT2D eigenvalue weighted by Gasteiger charge is 2.31. The molecule has 2 heterocycles. The number of hydrogen-bond acceptors (Lipinski definition) is 3. The van der Waals surface area contributed by atoms with Gasteiger partial charge in [0.2, 0.25) is 5.91 Å². The molecule has 1 aliphatic heterocycles. The lowest BCUT2D eigenvalue weighted by molar-refractivity contribution is -0.135. The van der Waals surface area contributed by atoms with Crippen molar-refractivity contribution >= 4 is 11.7 Å². The number of nitrogens with one attached hydrogen (secondary N) is 1. The fraction of sp³-hybridized carbons (Fsp3) is 0.571. The lowest BCUT2D eigenvalue weighted by Crippen LogP contribution is -2.34. The van der Waals surface area contributed by atoms with E-state index in [0.717, 1.165) is 30.9 Å². The fourth-order valence-electron chi connectivity index (χ4n) is 2.45. The molecule has 1 fully saturated rings. The highest BCUT2D eigenvalue weighted by molar-refractivity contribution is 5.78. The molecule has 1 aromatic heterocycles. The molecule has 0 radical (unpaired) electrons. The van der Waals surface area contributed by atoms with Crippen LogP contribution >= 0.6 is 0 Å². The molecule has 0 aromatic carbocycles. The highest BCUT2D eigenvalue weighted by atomic mass is 16.2. The number of nitrogens with zero attached hydrogens (tertiary/aromatic N) is 2. The molecule has 0 saturated carbocycles. The van der Waals surface area contributed by atoms with Crippen molar-refractivity contribution in [3.63, 3.8) is 0 Å². The summed E-state index contributed by atoms with van der Waals surface area (Å²) in [5.74, 6) is 1.14. The van der Waals surface area contributed by atoms with Gasteiger partial charge < -0.3 is 10.2 Å². The number of pyridine rings is 1. The standard InChI is InChI=1S/C14H21N3O/c1-10(2)14(18)17-9-5-7-12(17)11-6-4-8-13(15-3)16-11/h4,6,8,10,12H,5,7,9H2,1-3H3,(H,15,16)/t12-/m0/s1. The highest BCUT2D eigenvalue weighted by Crippen LogP contribution is 2.32. The van der Waals surface area contributed by atoms with E-state index in [0.29, 0.717) is 0 Å². The Morgan fingerprint density at radius 2 is 2.28 bits per heavy atom. The molecule has 4 heteroatoms. The second kappa shape index (κ2) is 5.38. The van der Waals surface area contributed by atoms with Crippen LogP contribution in [-0.2, 0) is 4.79 Å². The topological polar surface area (TPSA) is 45.2 Å². The zero-order valence-corrected chi connectivity index (χ0v) is 11.3. The minimum absolute atomic E-state index is 0.0538. The van der Waals surface area contributed by atoms with E-state index in [-0.39, 0.29) is 17.9 Å². The molecule has 4 nitrogen and oxygen atoms in total. The number of aromatic nitrogens is 1. The van der Waals surface area contributed by atoms with Crippen molar-refractivity contribution in [1.29, 1.82) is 0 Å². The molecule has 98 valence electrons. The van der Waals surface area contributed by atoms with E-state index in [4.69, 9.17) is 0 Å². The molecule has 1 amide bonds. The Balaban J connectivity index is 2.23. The van der Waals surface area contributed by atoms with Crippen molar-refractivity contribution in [3.8, 4) is 0 Å². The first-order valence-corrected chi connectivity index (χ1v) is 6.58. The number of hydrogen-bond donors (Lipinski definition) is 1. The predicted molar refractivity (Wildman–Crippen MR) is 72.3 cm³/mol. The lowest BCUT2D eigenvalue weighted by Gasteiger charge is -2.26. The van der Waals surface area contributed by atoms with E-state index in [2.05, 4.69) is 10.3 Å². The molecule has 1 N–H and O–H groups in total. The molecule has 1 aliphatic rings. The molecule has 2 rings (SSSR count). The van der Waals surface area contributed by atoms with Gasteiger partial charge in [-0.25, -0.2) is 4.98 Å². The molecule has 1 aromatic rings. The molecular weight excluding hydrogens is 226 g/mol. The summed E-state index contributed by atoms with van der Waals surface area (Å²) in [4.78, 5) is 18.7. The Bertz CT molecular complexity index is 431. The Hall–Kier alpha value is -1.58. The number of rotatable bonds is 3. The molecule has 0 aliphatic carbocycles. The summed E-state index contributed by atoms with van der Waals surface area (Å²) in [6.07, 6.45) is 2.08. The van der Waals surface area contributed by atoms with Crippen LogP contribution in [0.15, 0.2) is 18.2 Å². The van der Waals surface area contributed by atoms with E-state index < -0.39 is 0 Å². The van der Waals surface area contributed by atoms with E-state index in [1.165, 1.54) is 0 Å². The third-order valence-corrected chi connectivity index (χ3v) is 3.40. The van der Waals surface area contributed by atoms with Crippen LogP contribution in [0, 0.1) is 5.92 Å². The zero-order chi connectivity index (χ0) is 13.1. The molecule has 1 saturated heterocycles. The predicted octanol–water partition coefficient (Wildman–Crippen LogP) is 2.44. The molecule has 0 spiro atoms. The van der Waals surface area contributed by atoms with Gasteiger partial charge >= 0.3 is 0 Å². The van der Waals surface area contributed by atoms with Gasteiger partial charge in [0.05, 0.1) is 11.7 Å². The van der Waals surface area contributed by atoms with Crippen molar-refractivity contribution < 1.29 is 4.79 Å². The molecule has 1 atom stereocenters. The minimum atomic E-state index is 0.0538. The van der Waals surface area contributed by atoms with Gasteiger partial charge in [-0.3, -0.25) is 4.79 Å². The average Bonchev–Trinajstić information content (AvgIpc) is 2.86. The van der Waals surface area contributed by atoms with Crippen LogP contribution in [0.4, 0.5) is 5.82 Å². The van der Waals surface area contributed by atoms with Crippen LogP contribution in [0.5, 0.6) is 0 Å². The van der Waals surface area contributed by atoms with E-state index in [1.54, 1.807) is 0 Å².